The Morgan fingerprint density at radius 3 is 2.52 bits per heavy atom. The largest absolute Gasteiger partial charge is 0.493 e. The summed E-state index contributed by atoms with van der Waals surface area (Å²) in [5, 5.41) is 9.96. The molecule has 4 nitrogen and oxygen atoms in total. The fourth-order valence-corrected chi connectivity index (χ4v) is 4.47. The van der Waals surface area contributed by atoms with E-state index in [1.807, 2.05) is 12.3 Å². The van der Waals surface area contributed by atoms with Crippen molar-refractivity contribution in [1.82, 2.24) is 4.98 Å². The van der Waals surface area contributed by atoms with E-state index in [1.54, 1.807) is 35.6 Å². The molecule has 0 radical (unpaired) electrons. The molecule has 1 heterocycles. The average Bonchev–Trinajstić information content (AvgIpc) is 3.28. The smallest absolute Gasteiger partial charge is 0.335 e. The van der Waals surface area contributed by atoms with Crippen LogP contribution >= 0.6 is 11.3 Å². The van der Waals surface area contributed by atoms with Gasteiger partial charge in [-0.2, -0.15) is 0 Å². The van der Waals surface area contributed by atoms with Crippen molar-refractivity contribution in [2.75, 3.05) is 6.61 Å². The highest BCUT2D eigenvalue weighted by Gasteiger charge is 2.27. The van der Waals surface area contributed by atoms with Crippen molar-refractivity contribution in [3.63, 3.8) is 0 Å². The number of carboxylic acid groups (broad SMARTS) is 1. The second-order valence-electron chi connectivity index (χ2n) is 7.88. The lowest BCUT2D eigenvalue weighted by molar-refractivity contribution is 0.0697. The van der Waals surface area contributed by atoms with E-state index in [4.69, 9.17) is 9.84 Å². The summed E-state index contributed by atoms with van der Waals surface area (Å²) in [6.45, 7) is 11.2. The van der Waals surface area contributed by atoms with Gasteiger partial charge in [-0.25, -0.2) is 9.78 Å². The van der Waals surface area contributed by atoms with Gasteiger partial charge in [-0.05, 0) is 60.6 Å². The van der Waals surface area contributed by atoms with Crippen molar-refractivity contribution >= 4 is 17.3 Å². The van der Waals surface area contributed by atoms with Crippen molar-refractivity contribution in [1.29, 1.82) is 0 Å². The number of rotatable bonds is 10. The Hall–Kier alpha value is -2.92. The van der Waals surface area contributed by atoms with E-state index in [0.717, 1.165) is 46.0 Å². The highest BCUT2D eigenvalue weighted by atomic mass is 32.1. The Morgan fingerprint density at radius 1 is 1.19 bits per heavy atom. The van der Waals surface area contributed by atoms with Crippen molar-refractivity contribution in [3.8, 4) is 26.8 Å². The first-order valence-corrected chi connectivity index (χ1v) is 11.4. The van der Waals surface area contributed by atoms with Crippen LogP contribution in [0.15, 0.2) is 61.3 Å². The Balaban J connectivity index is 1.98. The van der Waals surface area contributed by atoms with Crippen LogP contribution < -0.4 is 4.74 Å². The first kappa shape index (κ1) is 22.8. The molecule has 162 valence electrons. The molecular formula is C26H29NO3S. The number of aromatic carboxylic acids is 1. The van der Waals surface area contributed by atoms with Crippen LogP contribution in [0.1, 0.15) is 56.0 Å². The Bertz CT molecular complexity index is 1050. The lowest BCUT2D eigenvalue weighted by atomic mass is 9.76. The maximum absolute atomic E-state index is 11.1. The van der Waals surface area contributed by atoms with Gasteiger partial charge in [-0.3, -0.25) is 0 Å². The lowest BCUT2D eigenvalue weighted by Crippen LogP contribution is -2.21. The summed E-state index contributed by atoms with van der Waals surface area (Å²) in [5.74, 6) is 0.00795. The molecule has 1 atom stereocenters. The van der Waals surface area contributed by atoms with Gasteiger partial charge in [0.25, 0.3) is 0 Å². The second kappa shape index (κ2) is 9.92. The Labute approximate surface area is 188 Å². The third kappa shape index (κ3) is 5.05. The van der Waals surface area contributed by atoms with Gasteiger partial charge < -0.3 is 9.84 Å². The molecule has 0 aliphatic rings. The molecule has 0 saturated heterocycles. The van der Waals surface area contributed by atoms with Crippen molar-refractivity contribution < 1.29 is 14.6 Å². The first-order valence-electron chi connectivity index (χ1n) is 10.6. The molecule has 0 aliphatic carbocycles. The minimum atomic E-state index is -0.928. The van der Waals surface area contributed by atoms with Crippen LogP contribution in [0.3, 0.4) is 0 Å². The Kier molecular flexibility index (Phi) is 7.29. The van der Waals surface area contributed by atoms with Gasteiger partial charge in [0.1, 0.15) is 10.8 Å². The van der Waals surface area contributed by atoms with E-state index in [2.05, 4.69) is 50.5 Å². The Morgan fingerprint density at radius 2 is 1.90 bits per heavy atom. The molecule has 1 unspecified atom stereocenters. The maximum Gasteiger partial charge on any atom is 0.335 e. The van der Waals surface area contributed by atoms with Gasteiger partial charge in [0.15, 0.2) is 0 Å². The minimum absolute atomic E-state index is 0.0545. The van der Waals surface area contributed by atoms with Gasteiger partial charge in [-0.1, -0.05) is 39.0 Å². The van der Waals surface area contributed by atoms with Gasteiger partial charge in [0.05, 0.1) is 17.0 Å². The van der Waals surface area contributed by atoms with Crippen LogP contribution in [0.4, 0.5) is 0 Å². The molecule has 0 saturated carbocycles. The zero-order valence-electron chi connectivity index (χ0n) is 18.4. The number of aromatic nitrogens is 1. The van der Waals surface area contributed by atoms with Crippen LogP contribution in [-0.2, 0) is 5.41 Å². The fraction of sp³-hybridized carbons (Fsp3) is 0.308. The normalized spacial score (nSPS) is 12.9. The molecule has 5 heteroatoms. The van der Waals surface area contributed by atoms with Gasteiger partial charge >= 0.3 is 5.97 Å². The molecule has 0 bridgehead atoms. The number of nitrogens with zero attached hydrogens (tertiary/aromatic N) is 1. The summed E-state index contributed by atoms with van der Waals surface area (Å²) < 4.78 is 6.08. The molecule has 2 aromatic carbocycles. The first-order chi connectivity index (χ1) is 14.9. The van der Waals surface area contributed by atoms with E-state index in [1.165, 1.54) is 5.56 Å². The third-order valence-corrected chi connectivity index (χ3v) is 6.73. The predicted octanol–water partition coefficient (Wildman–Crippen LogP) is 7.21. The number of benzene rings is 2. The molecule has 3 rings (SSSR count). The number of carboxylic acids is 1. The topological polar surface area (TPSA) is 59.4 Å². The standard InChI is InChI=1S/C26H29NO3S/c1-5-14-26(4,7-3)21-16-20(12-13-22(21)30-15-6-2)23-17-27-24(31-23)18-8-10-19(11-9-18)25(28)29/h5,8-13,16-17H,1,6-7,14-15H2,2-4H3,(H,28,29). The van der Waals surface area contributed by atoms with Crippen LogP contribution in [-0.4, -0.2) is 22.7 Å². The van der Waals surface area contributed by atoms with Crippen LogP contribution in [0.25, 0.3) is 21.0 Å². The van der Waals surface area contributed by atoms with Gasteiger partial charge in [0.2, 0.25) is 0 Å². The van der Waals surface area contributed by atoms with E-state index in [9.17, 15) is 4.79 Å². The SMILES string of the molecule is C=CCC(C)(CC)c1cc(-c2cnc(-c3ccc(C(=O)O)cc3)s2)ccc1OCCC. The van der Waals surface area contributed by atoms with E-state index in [0.29, 0.717) is 6.61 Å². The van der Waals surface area contributed by atoms with E-state index >= 15 is 0 Å². The summed E-state index contributed by atoms with van der Waals surface area (Å²) in [5.41, 5.74) is 3.43. The third-order valence-electron chi connectivity index (χ3n) is 5.64. The zero-order valence-corrected chi connectivity index (χ0v) is 19.2. The molecule has 31 heavy (non-hydrogen) atoms. The van der Waals surface area contributed by atoms with Crippen LogP contribution in [0.2, 0.25) is 0 Å². The van der Waals surface area contributed by atoms with Crippen molar-refractivity contribution in [2.24, 2.45) is 0 Å². The van der Waals surface area contributed by atoms with Crippen LogP contribution in [0, 0.1) is 0 Å². The minimum Gasteiger partial charge on any atom is -0.493 e. The van der Waals surface area contributed by atoms with Gasteiger partial charge in [0, 0.05) is 17.3 Å². The quantitative estimate of drug-likeness (QED) is 0.342. The summed E-state index contributed by atoms with van der Waals surface area (Å²) in [6, 6.07) is 13.2. The molecule has 1 N–H and O–H groups in total. The molecular weight excluding hydrogens is 406 g/mol. The van der Waals surface area contributed by atoms with Crippen molar-refractivity contribution in [2.45, 2.75) is 45.4 Å². The van der Waals surface area contributed by atoms with E-state index in [-0.39, 0.29) is 11.0 Å². The lowest BCUT2D eigenvalue weighted by Gasteiger charge is -2.30. The molecule has 0 fully saturated rings. The van der Waals surface area contributed by atoms with Crippen molar-refractivity contribution in [3.05, 3.63) is 72.4 Å². The maximum atomic E-state index is 11.1. The second-order valence-corrected chi connectivity index (χ2v) is 8.91. The monoisotopic (exact) mass is 435 g/mol. The fourth-order valence-electron chi connectivity index (χ4n) is 3.55. The summed E-state index contributed by atoms with van der Waals surface area (Å²) in [4.78, 5) is 16.7. The summed E-state index contributed by atoms with van der Waals surface area (Å²) in [6.07, 6.45) is 6.68. The molecule has 0 aliphatic heterocycles. The zero-order chi connectivity index (χ0) is 22.4. The summed E-state index contributed by atoms with van der Waals surface area (Å²) in [7, 11) is 0. The summed E-state index contributed by atoms with van der Waals surface area (Å²) >= 11 is 1.60. The number of ether oxygens (including phenoxy) is 1. The predicted molar refractivity (Wildman–Crippen MR) is 128 cm³/mol. The number of allylic oxidation sites excluding steroid dienone is 1. The van der Waals surface area contributed by atoms with Gasteiger partial charge in [-0.15, -0.1) is 17.9 Å². The molecule has 0 spiro atoms. The number of thiazole rings is 1. The highest BCUT2D eigenvalue weighted by Crippen LogP contribution is 2.41. The molecule has 0 amide bonds. The average molecular weight is 436 g/mol. The van der Waals surface area contributed by atoms with Crippen LogP contribution in [0.5, 0.6) is 5.75 Å². The number of hydrogen-bond donors (Lipinski definition) is 1. The molecule has 1 aromatic heterocycles. The highest BCUT2D eigenvalue weighted by molar-refractivity contribution is 7.18. The van der Waals surface area contributed by atoms with E-state index < -0.39 is 5.97 Å². The molecule has 3 aromatic rings. The number of carbonyl (C=O) groups is 1. The number of hydrogen-bond acceptors (Lipinski definition) is 4.